The molecule has 1 aliphatic carbocycles. The lowest BCUT2D eigenvalue weighted by atomic mass is 10.1. The largest absolute Gasteiger partial charge is 0.368 e. The van der Waals surface area contributed by atoms with Gasteiger partial charge in [-0.1, -0.05) is 29.8 Å². The van der Waals surface area contributed by atoms with Crippen molar-refractivity contribution in [1.82, 2.24) is 14.3 Å². The molecule has 4 rings (SSSR count). The molecule has 2 aromatic carbocycles. The Morgan fingerprint density at radius 3 is 2.66 bits per heavy atom. The summed E-state index contributed by atoms with van der Waals surface area (Å²) in [5.41, 5.74) is 1.96. The van der Waals surface area contributed by atoms with Gasteiger partial charge in [-0.25, -0.2) is 17.9 Å². The summed E-state index contributed by atoms with van der Waals surface area (Å²) in [7, 11) is -1.99. The van der Waals surface area contributed by atoms with E-state index in [9.17, 15) is 13.2 Å². The van der Waals surface area contributed by atoms with Gasteiger partial charge in [-0.2, -0.15) is 4.98 Å². The number of benzene rings is 2. The highest BCUT2D eigenvalue weighted by Crippen LogP contribution is 2.41. The first-order valence-electron chi connectivity index (χ1n) is 9.36. The Labute approximate surface area is 173 Å². The van der Waals surface area contributed by atoms with Crippen LogP contribution >= 0.6 is 11.6 Å². The molecule has 0 amide bonds. The molecule has 1 aliphatic rings. The van der Waals surface area contributed by atoms with Gasteiger partial charge in [0.15, 0.2) is 0 Å². The van der Waals surface area contributed by atoms with E-state index in [0.717, 1.165) is 18.2 Å². The molecule has 0 radical (unpaired) electrons. The van der Waals surface area contributed by atoms with Crippen LogP contribution in [0, 0.1) is 0 Å². The van der Waals surface area contributed by atoms with Crippen LogP contribution in [0.4, 0.5) is 5.82 Å². The molecule has 0 aliphatic heterocycles. The second kappa shape index (κ2) is 7.78. The van der Waals surface area contributed by atoms with Crippen molar-refractivity contribution < 1.29 is 8.42 Å². The topological polar surface area (TPSA) is 93.1 Å². The lowest BCUT2D eigenvalue weighted by Crippen LogP contribution is -2.28. The minimum Gasteiger partial charge on any atom is -0.368 e. The minimum absolute atomic E-state index is 0.125. The van der Waals surface area contributed by atoms with Crippen LogP contribution in [-0.2, 0) is 10.0 Å². The van der Waals surface area contributed by atoms with E-state index >= 15 is 0 Å². The molecule has 2 N–H and O–H groups in total. The Morgan fingerprint density at radius 1 is 1.21 bits per heavy atom. The third-order valence-corrected chi connectivity index (χ3v) is 6.72. The summed E-state index contributed by atoms with van der Waals surface area (Å²) in [6, 6.07) is 13.1. The molecule has 152 valence electrons. The smallest absolute Gasteiger partial charge is 0.354 e. The number of hydrogen-bond acceptors (Lipinski definition) is 5. The maximum absolute atomic E-state index is 12.9. The molecule has 1 fully saturated rings. The lowest BCUT2D eigenvalue weighted by molar-refractivity contribution is 0.588. The van der Waals surface area contributed by atoms with E-state index in [-0.39, 0.29) is 12.3 Å². The Bertz CT molecular complexity index is 1240. The average molecular weight is 433 g/mol. The summed E-state index contributed by atoms with van der Waals surface area (Å²) in [4.78, 5) is 17.1. The number of nitrogens with zero attached hydrogens (tertiary/aromatic N) is 2. The Hall–Kier alpha value is -2.42. The van der Waals surface area contributed by atoms with Gasteiger partial charge in [0.1, 0.15) is 5.82 Å². The molecule has 1 aromatic heterocycles. The predicted octanol–water partition coefficient (Wildman–Crippen LogP) is 2.88. The number of para-hydroxylation sites is 1. The fourth-order valence-electron chi connectivity index (χ4n) is 3.32. The van der Waals surface area contributed by atoms with Gasteiger partial charge in [0.25, 0.3) is 0 Å². The van der Waals surface area contributed by atoms with Crippen LogP contribution in [0.2, 0.25) is 5.02 Å². The van der Waals surface area contributed by atoms with E-state index < -0.39 is 15.7 Å². The van der Waals surface area contributed by atoms with Crippen molar-refractivity contribution >= 4 is 38.3 Å². The monoisotopic (exact) mass is 432 g/mol. The number of fused-ring (bicyclic) bond motifs is 1. The molecular formula is C20H21ClN4O3S. The molecule has 0 unspecified atom stereocenters. The van der Waals surface area contributed by atoms with Crippen LogP contribution < -0.4 is 15.7 Å². The molecule has 0 bridgehead atoms. The van der Waals surface area contributed by atoms with Crippen LogP contribution in [-0.4, -0.2) is 37.3 Å². The molecule has 1 heterocycles. The van der Waals surface area contributed by atoms with Crippen molar-refractivity contribution in [2.45, 2.75) is 18.8 Å². The quantitative estimate of drug-likeness (QED) is 0.598. The molecule has 9 heteroatoms. The highest BCUT2D eigenvalue weighted by atomic mass is 35.5. The zero-order chi connectivity index (χ0) is 20.6. The summed E-state index contributed by atoms with van der Waals surface area (Å²) in [6.45, 7) is 0.130. The number of sulfonamides is 1. The van der Waals surface area contributed by atoms with E-state index in [0.29, 0.717) is 28.0 Å². The SMILES string of the molecule is CNS(=O)(=O)CCNc1nc(=O)n(-c2ccccc2Cl)c2cc(C3CC3)ccc12. The number of aromatic nitrogens is 2. The van der Waals surface area contributed by atoms with Crippen LogP contribution in [0.1, 0.15) is 24.3 Å². The third-order valence-electron chi connectivity index (χ3n) is 5.03. The third kappa shape index (κ3) is 4.14. The van der Waals surface area contributed by atoms with E-state index in [4.69, 9.17) is 11.6 Å². The number of anilines is 1. The molecular weight excluding hydrogens is 412 g/mol. The molecule has 7 nitrogen and oxygen atoms in total. The van der Waals surface area contributed by atoms with Gasteiger partial charge < -0.3 is 5.32 Å². The summed E-state index contributed by atoms with van der Waals surface area (Å²) >= 11 is 6.36. The summed E-state index contributed by atoms with van der Waals surface area (Å²) in [5, 5.41) is 4.19. The summed E-state index contributed by atoms with van der Waals surface area (Å²) < 4.78 is 27.1. The second-order valence-electron chi connectivity index (χ2n) is 7.03. The standard InChI is InChI=1S/C20H21ClN4O3S/c1-22-29(27,28)11-10-23-19-15-9-8-14(13-6-7-13)12-18(15)25(20(26)24-19)17-5-3-2-4-16(17)21/h2-5,8-9,12-13,22H,6-7,10-11H2,1H3,(H,23,24,26). The molecule has 0 spiro atoms. The number of hydrogen-bond donors (Lipinski definition) is 2. The first kappa shape index (κ1) is 19.9. The predicted molar refractivity (Wildman–Crippen MR) is 116 cm³/mol. The zero-order valence-electron chi connectivity index (χ0n) is 15.9. The zero-order valence-corrected chi connectivity index (χ0v) is 17.4. The van der Waals surface area contributed by atoms with Crippen LogP contribution in [0.5, 0.6) is 0 Å². The molecule has 1 saturated carbocycles. The van der Waals surface area contributed by atoms with Gasteiger partial charge in [-0.15, -0.1) is 0 Å². The molecule has 0 atom stereocenters. The van der Waals surface area contributed by atoms with E-state index in [1.54, 1.807) is 18.2 Å². The van der Waals surface area contributed by atoms with Crippen molar-refractivity contribution in [3.8, 4) is 5.69 Å². The Morgan fingerprint density at radius 2 is 1.97 bits per heavy atom. The van der Waals surface area contributed by atoms with Crippen molar-refractivity contribution in [3.05, 3.63) is 63.5 Å². The van der Waals surface area contributed by atoms with Crippen molar-refractivity contribution in [3.63, 3.8) is 0 Å². The van der Waals surface area contributed by atoms with Gasteiger partial charge in [0.2, 0.25) is 10.0 Å². The first-order chi connectivity index (χ1) is 13.9. The van der Waals surface area contributed by atoms with E-state index in [2.05, 4.69) is 15.0 Å². The molecule has 3 aromatic rings. The normalized spacial score (nSPS) is 14.3. The first-order valence-corrected chi connectivity index (χ1v) is 11.4. The van der Waals surface area contributed by atoms with Gasteiger partial charge >= 0.3 is 5.69 Å². The van der Waals surface area contributed by atoms with Gasteiger partial charge in [-0.05, 0) is 55.6 Å². The Balaban J connectivity index is 1.84. The highest BCUT2D eigenvalue weighted by molar-refractivity contribution is 7.89. The highest BCUT2D eigenvalue weighted by Gasteiger charge is 2.25. The van der Waals surface area contributed by atoms with Crippen LogP contribution in [0.25, 0.3) is 16.6 Å². The lowest BCUT2D eigenvalue weighted by Gasteiger charge is -2.16. The fraction of sp³-hybridized carbons (Fsp3) is 0.300. The number of rotatable bonds is 7. The van der Waals surface area contributed by atoms with Gasteiger partial charge in [0.05, 0.1) is 22.0 Å². The van der Waals surface area contributed by atoms with Crippen molar-refractivity contribution in [2.75, 3.05) is 24.7 Å². The van der Waals surface area contributed by atoms with Crippen LogP contribution in [0.3, 0.4) is 0 Å². The summed E-state index contributed by atoms with van der Waals surface area (Å²) in [6.07, 6.45) is 2.28. The van der Waals surface area contributed by atoms with E-state index in [1.165, 1.54) is 17.2 Å². The fourth-order valence-corrected chi connectivity index (χ4v) is 4.12. The number of halogens is 1. The minimum atomic E-state index is -3.36. The van der Waals surface area contributed by atoms with Crippen LogP contribution in [0.15, 0.2) is 47.3 Å². The van der Waals surface area contributed by atoms with Gasteiger partial charge in [-0.3, -0.25) is 4.57 Å². The molecule has 0 saturated heterocycles. The van der Waals surface area contributed by atoms with Crippen molar-refractivity contribution in [2.24, 2.45) is 0 Å². The van der Waals surface area contributed by atoms with Gasteiger partial charge in [0, 0.05) is 11.9 Å². The Kier molecular flexibility index (Phi) is 5.33. The number of nitrogens with one attached hydrogen (secondary N) is 2. The summed E-state index contributed by atoms with van der Waals surface area (Å²) in [5.74, 6) is 0.752. The van der Waals surface area contributed by atoms with Crippen molar-refractivity contribution in [1.29, 1.82) is 0 Å². The molecule has 29 heavy (non-hydrogen) atoms. The average Bonchev–Trinajstić information content (AvgIpc) is 3.54. The van der Waals surface area contributed by atoms with E-state index in [1.807, 2.05) is 24.3 Å². The maximum Gasteiger partial charge on any atom is 0.354 e. The second-order valence-corrected chi connectivity index (χ2v) is 9.48. The maximum atomic E-state index is 12.9.